The third-order valence-electron chi connectivity index (χ3n) is 4.45. The number of carbonyl (C=O) groups excluding carboxylic acids is 2. The number of hydrogen-bond donors (Lipinski definition) is 2. The predicted octanol–water partition coefficient (Wildman–Crippen LogP) is 3.96. The van der Waals surface area contributed by atoms with Gasteiger partial charge < -0.3 is 18.9 Å². The third kappa shape index (κ3) is 7.39. The third-order valence-corrected chi connectivity index (χ3v) is 4.98. The summed E-state index contributed by atoms with van der Waals surface area (Å²) in [6, 6.07) is 8.47. The number of hydrogen-bond acceptors (Lipinski definition) is 6. The minimum atomic E-state index is -0.334. The van der Waals surface area contributed by atoms with Gasteiger partial charge in [0.15, 0.2) is 11.5 Å². The minimum Gasteiger partial charge on any atom is -0.493 e. The normalized spacial score (nSPS) is 10.3. The molecule has 0 aliphatic rings. The molecule has 2 rings (SSSR count). The zero-order valence-corrected chi connectivity index (χ0v) is 19.6. The number of benzene rings is 2. The van der Waals surface area contributed by atoms with Crippen LogP contribution in [0.4, 0.5) is 0 Å². The van der Waals surface area contributed by atoms with Gasteiger partial charge in [-0.2, -0.15) is 0 Å². The number of aryl methyl sites for hydroxylation is 1. The number of nitrogens with one attached hydrogen (secondary N) is 2. The molecule has 0 aromatic heterocycles. The smallest absolute Gasteiger partial charge is 0.238 e. The van der Waals surface area contributed by atoms with Gasteiger partial charge in [-0.1, -0.05) is 29.3 Å². The highest BCUT2D eigenvalue weighted by Gasteiger charge is 2.16. The number of carbonyl (C=O) groups is 2. The van der Waals surface area contributed by atoms with Crippen molar-refractivity contribution in [1.82, 2.24) is 10.9 Å². The van der Waals surface area contributed by atoms with Crippen LogP contribution in [0.2, 0.25) is 10.0 Å². The Morgan fingerprint density at radius 2 is 1.50 bits per heavy atom. The van der Waals surface area contributed by atoms with E-state index in [0.29, 0.717) is 52.5 Å². The van der Waals surface area contributed by atoms with Gasteiger partial charge in [-0.05, 0) is 42.7 Å². The molecule has 2 N–H and O–H groups in total. The fourth-order valence-corrected chi connectivity index (χ4v) is 3.34. The largest absolute Gasteiger partial charge is 0.493 e. The second-order valence-electron chi connectivity index (χ2n) is 6.62. The molecule has 0 aliphatic carbocycles. The van der Waals surface area contributed by atoms with Crippen LogP contribution in [-0.2, 0) is 16.0 Å². The lowest BCUT2D eigenvalue weighted by molar-refractivity contribution is -0.129. The lowest BCUT2D eigenvalue weighted by Gasteiger charge is -2.15. The summed E-state index contributed by atoms with van der Waals surface area (Å²) in [6.45, 7) is 0.293. The maximum atomic E-state index is 12.1. The van der Waals surface area contributed by atoms with E-state index in [1.165, 1.54) is 21.3 Å². The Morgan fingerprint density at radius 1 is 0.844 bits per heavy atom. The second kappa shape index (κ2) is 12.9. The predicted molar refractivity (Wildman–Crippen MR) is 122 cm³/mol. The molecule has 0 bridgehead atoms. The van der Waals surface area contributed by atoms with E-state index in [-0.39, 0.29) is 24.7 Å². The molecule has 0 heterocycles. The van der Waals surface area contributed by atoms with Gasteiger partial charge in [0.25, 0.3) is 0 Å². The van der Waals surface area contributed by atoms with Crippen LogP contribution in [0, 0.1) is 0 Å². The molecule has 0 fully saturated rings. The van der Waals surface area contributed by atoms with Gasteiger partial charge in [-0.25, -0.2) is 0 Å². The first-order chi connectivity index (χ1) is 15.4. The number of rotatable bonds is 11. The molecule has 32 heavy (non-hydrogen) atoms. The van der Waals surface area contributed by atoms with E-state index in [9.17, 15) is 9.59 Å². The number of ether oxygens (including phenoxy) is 4. The summed E-state index contributed by atoms with van der Waals surface area (Å²) in [5, 5.41) is 0.919. The van der Waals surface area contributed by atoms with Crippen molar-refractivity contribution in [2.75, 3.05) is 27.9 Å². The van der Waals surface area contributed by atoms with Crippen molar-refractivity contribution in [3.63, 3.8) is 0 Å². The van der Waals surface area contributed by atoms with E-state index < -0.39 is 0 Å². The summed E-state index contributed by atoms with van der Waals surface area (Å²) in [5.41, 5.74) is 5.58. The highest BCUT2D eigenvalue weighted by atomic mass is 35.5. The van der Waals surface area contributed by atoms with Crippen molar-refractivity contribution < 1.29 is 28.5 Å². The molecule has 0 spiro atoms. The molecule has 10 heteroatoms. The maximum Gasteiger partial charge on any atom is 0.238 e. The standard InChI is InChI=1S/C22H26Cl2N2O6/c1-29-18-9-6-14(21(30-2)22(18)31-3)7-11-20(28)26-25-19(27)5-4-12-32-17-10-8-15(23)13-16(17)24/h6,8-10,13H,4-5,7,11-12H2,1-3H3,(H,25,27)(H,26,28). The zero-order chi connectivity index (χ0) is 23.5. The molecule has 2 aromatic carbocycles. The number of hydrazine groups is 1. The van der Waals surface area contributed by atoms with Crippen LogP contribution in [0.15, 0.2) is 30.3 Å². The average Bonchev–Trinajstić information content (AvgIpc) is 2.79. The van der Waals surface area contributed by atoms with Gasteiger partial charge in [0, 0.05) is 17.9 Å². The van der Waals surface area contributed by atoms with E-state index in [1.54, 1.807) is 30.3 Å². The number of halogens is 2. The lowest BCUT2D eigenvalue weighted by atomic mass is 10.1. The van der Waals surface area contributed by atoms with Crippen molar-refractivity contribution in [2.24, 2.45) is 0 Å². The summed E-state index contributed by atoms with van der Waals surface area (Å²) in [7, 11) is 4.57. The Bertz CT molecular complexity index is 939. The van der Waals surface area contributed by atoms with E-state index in [0.717, 1.165) is 5.56 Å². The summed E-state index contributed by atoms with van der Waals surface area (Å²) < 4.78 is 21.5. The molecule has 174 valence electrons. The van der Waals surface area contributed by atoms with Crippen LogP contribution in [-0.4, -0.2) is 39.8 Å². The van der Waals surface area contributed by atoms with Crippen molar-refractivity contribution in [3.8, 4) is 23.0 Å². The van der Waals surface area contributed by atoms with Gasteiger partial charge in [0.05, 0.1) is 33.0 Å². The van der Waals surface area contributed by atoms with Crippen LogP contribution in [0.3, 0.4) is 0 Å². The molecule has 0 radical (unpaired) electrons. The molecular formula is C22H26Cl2N2O6. The summed E-state index contributed by atoms with van der Waals surface area (Å²) in [5.74, 6) is 1.34. The van der Waals surface area contributed by atoms with Crippen LogP contribution < -0.4 is 29.8 Å². The Morgan fingerprint density at radius 3 is 2.12 bits per heavy atom. The molecule has 0 unspecified atom stereocenters. The van der Waals surface area contributed by atoms with Crippen LogP contribution in [0.1, 0.15) is 24.8 Å². The van der Waals surface area contributed by atoms with Crippen molar-refractivity contribution in [3.05, 3.63) is 45.9 Å². The van der Waals surface area contributed by atoms with Crippen LogP contribution in [0.5, 0.6) is 23.0 Å². The van der Waals surface area contributed by atoms with Crippen LogP contribution >= 0.6 is 23.2 Å². The second-order valence-corrected chi connectivity index (χ2v) is 7.46. The first-order valence-electron chi connectivity index (χ1n) is 9.83. The van der Waals surface area contributed by atoms with E-state index in [1.807, 2.05) is 0 Å². The number of amides is 2. The minimum absolute atomic E-state index is 0.143. The van der Waals surface area contributed by atoms with Gasteiger partial charge in [0.2, 0.25) is 17.6 Å². The Labute approximate surface area is 197 Å². The highest BCUT2D eigenvalue weighted by molar-refractivity contribution is 6.35. The van der Waals surface area contributed by atoms with Gasteiger partial charge in [-0.15, -0.1) is 0 Å². The molecule has 0 atom stereocenters. The van der Waals surface area contributed by atoms with Crippen molar-refractivity contribution >= 4 is 35.0 Å². The molecular weight excluding hydrogens is 459 g/mol. The van der Waals surface area contributed by atoms with E-state index in [2.05, 4.69) is 10.9 Å². The first-order valence-corrected chi connectivity index (χ1v) is 10.6. The zero-order valence-electron chi connectivity index (χ0n) is 18.1. The number of methoxy groups -OCH3 is 3. The van der Waals surface area contributed by atoms with E-state index >= 15 is 0 Å². The molecule has 0 saturated carbocycles. The molecule has 2 aromatic rings. The fraction of sp³-hybridized carbons (Fsp3) is 0.364. The fourth-order valence-electron chi connectivity index (χ4n) is 2.88. The molecule has 0 saturated heterocycles. The summed E-state index contributed by atoms with van der Waals surface area (Å²) in [4.78, 5) is 24.0. The van der Waals surface area contributed by atoms with Gasteiger partial charge in [-0.3, -0.25) is 20.4 Å². The summed E-state index contributed by atoms with van der Waals surface area (Å²) >= 11 is 11.9. The first kappa shape index (κ1) is 25.4. The topological polar surface area (TPSA) is 95.1 Å². The van der Waals surface area contributed by atoms with Gasteiger partial charge >= 0.3 is 0 Å². The van der Waals surface area contributed by atoms with E-state index in [4.69, 9.17) is 42.1 Å². The molecule has 0 aliphatic heterocycles. The van der Waals surface area contributed by atoms with Gasteiger partial charge in [0.1, 0.15) is 5.75 Å². The van der Waals surface area contributed by atoms with Crippen molar-refractivity contribution in [1.29, 1.82) is 0 Å². The Hall–Kier alpha value is -2.84. The highest BCUT2D eigenvalue weighted by Crippen LogP contribution is 2.40. The van der Waals surface area contributed by atoms with Crippen LogP contribution in [0.25, 0.3) is 0 Å². The molecule has 2 amide bonds. The summed E-state index contributed by atoms with van der Waals surface area (Å²) in [6.07, 6.45) is 1.16. The monoisotopic (exact) mass is 484 g/mol. The molecule has 8 nitrogen and oxygen atoms in total. The Kier molecular flexibility index (Phi) is 10.2. The maximum absolute atomic E-state index is 12.1. The SMILES string of the molecule is COc1ccc(CCC(=O)NNC(=O)CCCOc2ccc(Cl)cc2Cl)c(OC)c1OC. The Balaban J connectivity index is 1.72. The lowest BCUT2D eigenvalue weighted by Crippen LogP contribution is -2.41. The quantitative estimate of drug-likeness (QED) is 0.370. The average molecular weight is 485 g/mol. The van der Waals surface area contributed by atoms with Crippen molar-refractivity contribution in [2.45, 2.75) is 25.7 Å².